The Morgan fingerprint density at radius 3 is 1.61 bits per heavy atom. The van der Waals surface area contributed by atoms with E-state index < -0.39 is 6.43 Å². The Balaban J connectivity index is 1.70. The van der Waals surface area contributed by atoms with Crippen LogP contribution in [0.5, 0.6) is 0 Å². The first kappa shape index (κ1) is 20.2. The molecule has 0 aromatic heterocycles. The number of rotatable bonds is 8. The van der Waals surface area contributed by atoms with Crippen molar-refractivity contribution in [3.05, 3.63) is 107 Å². The summed E-state index contributed by atoms with van der Waals surface area (Å²) in [5.41, 5.74) is 3.77. The van der Waals surface area contributed by atoms with Crippen LogP contribution in [0.25, 0.3) is 0 Å². The van der Waals surface area contributed by atoms with Gasteiger partial charge in [-0.05, 0) is 43.6 Å². The van der Waals surface area contributed by atoms with Gasteiger partial charge in [0.2, 0.25) is 0 Å². The van der Waals surface area contributed by atoms with Gasteiger partial charge in [0.05, 0.1) is 0 Å². The van der Waals surface area contributed by atoms with E-state index in [1.54, 1.807) is 0 Å². The topological polar surface area (TPSA) is 3.24 Å². The number of hydrogen-bond acceptors (Lipinski definition) is 1. The minimum Gasteiger partial charge on any atom is -0.300 e. The average Bonchev–Trinajstić information content (AvgIpc) is 2.75. The molecule has 0 aliphatic heterocycles. The van der Waals surface area contributed by atoms with E-state index in [4.69, 9.17) is 0 Å². The Morgan fingerprint density at radius 1 is 0.679 bits per heavy atom. The Labute approximate surface area is 166 Å². The molecule has 3 aromatic carbocycles. The van der Waals surface area contributed by atoms with Gasteiger partial charge in [-0.3, -0.25) is 4.90 Å². The fourth-order valence-corrected chi connectivity index (χ4v) is 3.60. The van der Waals surface area contributed by atoms with Crippen molar-refractivity contribution in [3.8, 4) is 0 Å². The Bertz CT molecular complexity index is 792. The fraction of sp³-hybridized carbons (Fsp3) is 0.280. The molecule has 0 spiro atoms. The van der Waals surface area contributed by atoms with Crippen LogP contribution in [0.1, 0.15) is 54.0 Å². The van der Waals surface area contributed by atoms with E-state index >= 15 is 0 Å². The lowest BCUT2D eigenvalue weighted by Crippen LogP contribution is -2.25. The van der Waals surface area contributed by atoms with E-state index in [9.17, 15) is 8.78 Å². The lowest BCUT2D eigenvalue weighted by atomic mass is 9.88. The van der Waals surface area contributed by atoms with Gasteiger partial charge in [-0.2, -0.15) is 0 Å². The molecule has 0 aliphatic carbocycles. The summed E-state index contributed by atoms with van der Waals surface area (Å²) in [7, 11) is 2.10. The van der Waals surface area contributed by atoms with Crippen LogP contribution in [0.15, 0.2) is 84.9 Å². The summed E-state index contributed by atoms with van der Waals surface area (Å²) in [5.74, 6) is 0.332. The van der Waals surface area contributed by atoms with E-state index in [1.165, 1.54) is 23.3 Å². The molecule has 3 aromatic rings. The van der Waals surface area contributed by atoms with Crippen molar-refractivity contribution in [3.63, 3.8) is 0 Å². The quantitative estimate of drug-likeness (QED) is 0.414. The lowest BCUT2D eigenvalue weighted by molar-refractivity contribution is 0.151. The van der Waals surface area contributed by atoms with E-state index in [0.29, 0.717) is 5.92 Å². The second kappa shape index (κ2) is 9.61. The highest BCUT2D eigenvalue weighted by molar-refractivity contribution is 5.32. The molecule has 3 heteroatoms. The molecule has 146 valence electrons. The SMILES string of the molecule is CC(c1ccc(C(F)F)cc1)N(C)CCC(c1ccccc1)c1ccccc1. The minimum atomic E-state index is -2.42. The van der Waals surface area contributed by atoms with Crippen LogP contribution in [0, 0.1) is 0 Å². The maximum atomic E-state index is 12.8. The molecule has 0 heterocycles. The second-order valence-corrected chi connectivity index (χ2v) is 7.29. The number of benzene rings is 3. The largest absolute Gasteiger partial charge is 0.300 e. The lowest BCUT2D eigenvalue weighted by Gasteiger charge is -2.28. The summed E-state index contributed by atoms with van der Waals surface area (Å²) in [6, 6.07) is 28.0. The number of nitrogens with zero attached hydrogens (tertiary/aromatic N) is 1. The number of halogens is 2. The van der Waals surface area contributed by atoms with Crippen LogP contribution in [0.4, 0.5) is 8.78 Å². The maximum absolute atomic E-state index is 12.8. The van der Waals surface area contributed by atoms with Crippen molar-refractivity contribution in [2.24, 2.45) is 0 Å². The van der Waals surface area contributed by atoms with Gasteiger partial charge in [-0.25, -0.2) is 8.78 Å². The third-order valence-electron chi connectivity index (χ3n) is 5.51. The van der Waals surface area contributed by atoms with Crippen molar-refractivity contribution in [2.75, 3.05) is 13.6 Å². The molecule has 0 aliphatic rings. The summed E-state index contributed by atoms with van der Waals surface area (Å²) in [4.78, 5) is 2.29. The van der Waals surface area contributed by atoms with Crippen LogP contribution < -0.4 is 0 Å². The fourth-order valence-electron chi connectivity index (χ4n) is 3.60. The highest BCUT2D eigenvalue weighted by atomic mass is 19.3. The smallest absolute Gasteiger partial charge is 0.263 e. The van der Waals surface area contributed by atoms with Crippen molar-refractivity contribution in [1.82, 2.24) is 4.90 Å². The first-order chi connectivity index (χ1) is 13.6. The molecule has 28 heavy (non-hydrogen) atoms. The van der Waals surface area contributed by atoms with E-state index in [0.717, 1.165) is 18.5 Å². The van der Waals surface area contributed by atoms with Gasteiger partial charge in [-0.15, -0.1) is 0 Å². The molecule has 3 rings (SSSR count). The van der Waals surface area contributed by atoms with E-state index in [1.807, 2.05) is 24.3 Å². The summed E-state index contributed by atoms with van der Waals surface area (Å²) in [6.45, 7) is 3.03. The van der Waals surface area contributed by atoms with Crippen molar-refractivity contribution >= 4 is 0 Å². The molecule has 0 radical (unpaired) electrons. The first-order valence-corrected chi connectivity index (χ1v) is 9.74. The zero-order valence-corrected chi connectivity index (χ0v) is 16.4. The number of alkyl halides is 2. The van der Waals surface area contributed by atoms with Gasteiger partial charge in [0, 0.05) is 17.5 Å². The molecular formula is C25H27F2N. The second-order valence-electron chi connectivity index (χ2n) is 7.29. The third kappa shape index (κ3) is 5.05. The molecule has 0 N–H and O–H groups in total. The summed E-state index contributed by atoms with van der Waals surface area (Å²) >= 11 is 0. The van der Waals surface area contributed by atoms with Gasteiger partial charge >= 0.3 is 0 Å². The average molecular weight is 379 g/mol. The van der Waals surface area contributed by atoms with Crippen molar-refractivity contribution < 1.29 is 8.78 Å². The monoisotopic (exact) mass is 379 g/mol. The molecule has 0 fully saturated rings. The Morgan fingerprint density at radius 2 is 1.14 bits per heavy atom. The molecule has 0 amide bonds. The normalized spacial score (nSPS) is 12.7. The molecule has 0 saturated heterocycles. The third-order valence-corrected chi connectivity index (χ3v) is 5.51. The predicted octanol–water partition coefficient (Wildman–Crippen LogP) is 6.84. The van der Waals surface area contributed by atoms with Crippen LogP contribution in [-0.2, 0) is 0 Å². The van der Waals surface area contributed by atoms with Gasteiger partial charge in [0.1, 0.15) is 0 Å². The molecular weight excluding hydrogens is 352 g/mol. The molecule has 1 nitrogen and oxygen atoms in total. The predicted molar refractivity (Wildman–Crippen MR) is 112 cm³/mol. The van der Waals surface area contributed by atoms with E-state index in [-0.39, 0.29) is 11.6 Å². The standard InChI is InChI=1S/C25H27F2N/c1-19(20-13-15-23(16-14-20)25(26)27)28(2)18-17-24(21-9-5-3-6-10-21)22-11-7-4-8-12-22/h3-16,19,24-25H,17-18H2,1-2H3. The highest BCUT2D eigenvalue weighted by Gasteiger charge is 2.18. The maximum Gasteiger partial charge on any atom is 0.263 e. The van der Waals surface area contributed by atoms with Crippen LogP contribution in [-0.4, -0.2) is 18.5 Å². The first-order valence-electron chi connectivity index (χ1n) is 9.74. The van der Waals surface area contributed by atoms with Gasteiger partial charge in [0.25, 0.3) is 6.43 Å². The number of hydrogen-bond donors (Lipinski definition) is 0. The van der Waals surface area contributed by atoms with Gasteiger partial charge in [0.15, 0.2) is 0 Å². The zero-order valence-electron chi connectivity index (χ0n) is 16.4. The van der Waals surface area contributed by atoms with E-state index in [2.05, 4.69) is 67.4 Å². The Kier molecular flexibility index (Phi) is 6.94. The molecule has 1 atom stereocenters. The summed E-state index contributed by atoms with van der Waals surface area (Å²) in [6.07, 6.45) is -1.43. The Hall–Kier alpha value is -2.52. The van der Waals surface area contributed by atoms with Gasteiger partial charge in [-0.1, -0.05) is 84.9 Å². The van der Waals surface area contributed by atoms with Crippen molar-refractivity contribution in [2.45, 2.75) is 31.7 Å². The van der Waals surface area contributed by atoms with Gasteiger partial charge < -0.3 is 0 Å². The van der Waals surface area contributed by atoms with Crippen LogP contribution in [0.3, 0.4) is 0 Å². The summed E-state index contributed by atoms with van der Waals surface area (Å²) < 4.78 is 25.6. The highest BCUT2D eigenvalue weighted by Crippen LogP contribution is 2.30. The summed E-state index contributed by atoms with van der Waals surface area (Å²) in [5, 5.41) is 0. The van der Waals surface area contributed by atoms with Crippen molar-refractivity contribution in [1.29, 1.82) is 0 Å². The van der Waals surface area contributed by atoms with Crippen LogP contribution in [0.2, 0.25) is 0 Å². The molecule has 0 bridgehead atoms. The minimum absolute atomic E-state index is 0.0758. The molecule has 1 unspecified atom stereocenters. The molecule has 0 saturated carbocycles. The zero-order chi connectivity index (χ0) is 19.9. The van der Waals surface area contributed by atoms with Crippen LogP contribution >= 0.6 is 0 Å².